The molecule has 2 aromatic rings. The lowest BCUT2D eigenvalue weighted by Gasteiger charge is -2.28. The van der Waals surface area contributed by atoms with E-state index in [9.17, 15) is 5.11 Å². The van der Waals surface area contributed by atoms with Crippen molar-refractivity contribution in [3.05, 3.63) is 23.2 Å². The first-order chi connectivity index (χ1) is 10.2. The summed E-state index contributed by atoms with van der Waals surface area (Å²) in [6, 6.07) is 5.89. The van der Waals surface area contributed by atoms with Crippen LogP contribution in [0.3, 0.4) is 0 Å². The zero-order valence-electron chi connectivity index (χ0n) is 12.2. The van der Waals surface area contributed by atoms with Crippen LogP contribution < -0.4 is 10.1 Å². The Morgan fingerprint density at radius 2 is 2.19 bits per heavy atom. The van der Waals surface area contributed by atoms with Crippen molar-refractivity contribution in [2.45, 2.75) is 13.0 Å². The maximum Gasteiger partial charge on any atom is 0.121 e. The monoisotopic (exact) mass is 306 g/mol. The van der Waals surface area contributed by atoms with Gasteiger partial charge in [-0.3, -0.25) is 4.90 Å². The van der Waals surface area contributed by atoms with Crippen molar-refractivity contribution in [3.63, 3.8) is 0 Å². The summed E-state index contributed by atoms with van der Waals surface area (Å²) >= 11 is 1.68. The highest BCUT2D eigenvalue weighted by molar-refractivity contribution is 7.18. The smallest absolute Gasteiger partial charge is 0.121 e. The summed E-state index contributed by atoms with van der Waals surface area (Å²) in [6.07, 6.45) is -0.476. The maximum atomic E-state index is 10.1. The average Bonchev–Trinajstić information content (AvgIpc) is 2.85. The molecule has 0 aliphatic carbocycles. The van der Waals surface area contributed by atoms with Crippen molar-refractivity contribution < 1.29 is 9.84 Å². The van der Waals surface area contributed by atoms with E-state index in [1.165, 1.54) is 0 Å². The molecule has 0 amide bonds. The Kier molecular flexibility index (Phi) is 4.70. The molecule has 1 fully saturated rings. The lowest BCUT2D eigenvalue weighted by atomic mass is 10.3. The van der Waals surface area contributed by atoms with E-state index in [1.54, 1.807) is 11.3 Å². The fourth-order valence-electron chi connectivity index (χ4n) is 2.49. The molecule has 0 bridgehead atoms. The van der Waals surface area contributed by atoms with E-state index >= 15 is 0 Å². The van der Waals surface area contributed by atoms with Crippen LogP contribution in [0.25, 0.3) is 10.2 Å². The summed E-state index contributed by atoms with van der Waals surface area (Å²) in [4.78, 5) is 6.68. The third-order valence-corrected chi connectivity index (χ3v) is 4.48. The molecule has 0 unspecified atom stereocenters. The standard InChI is InChI=1S/C15H20N3O2S/c1-11-17-14-8-13(2-3-15(14)21-11)20-10-12(19)9-18-6-4-16-5-7-18/h2-3,8,12,19H,4-7,9-10H2,1H3/t12-/m1/s1. The molecule has 1 aromatic carbocycles. The third kappa shape index (κ3) is 3.91. The van der Waals surface area contributed by atoms with Crippen molar-refractivity contribution >= 4 is 21.6 Å². The number of β-amino-alcohol motifs (C(OH)–C–C–N with tert-alkyl or cyclic N) is 1. The van der Waals surface area contributed by atoms with Crippen LogP contribution in [0, 0.1) is 6.92 Å². The zero-order valence-corrected chi connectivity index (χ0v) is 13.0. The summed E-state index contributed by atoms with van der Waals surface area (Å²) in [5, 5.41) is 15.4. The summed E-state index contributed by atoms with van der Waals surface area (Å²) in [5.41, 5.74) is 0.960. The predicted octanol–water partition coefficient (Wildman–Crippen LogP) is 1.26. The second kappa shape index (κ2) is 6.70. The number of thiazole rings is 1. The SMILES string of the molecule is Cc1nc2cc(OC[C@H](O)CN3CC[N]CC3)ccc2s1. The van der Waals surface area contributed by atoms with Crippen molar-refractivity contribution in [3.8, 4) is 5.75 Å². The van der Waals surface area contributed by atoms with Crippen LogP contribution in [0.4, 0.5) is 0 Å². The van der Waals surface area contributed by atoms with Crippen LogP contribution in [-0.4, -0.2) is 60.4 Å². The number of benzene rings is 1. The van der Waals surface area contributed by atoms with E-state index in [2.05, 4.69) is 15.2 Å². The van der Waals surface area contributed by atoms with Gasteiger partial charge in [0.05, 0.1) is 15.2 Å². The van der Waals surface area contributed by atoms with E-state index in [0.717, 1.165) is 47.2 Å². The number of hydrogen-bond acceptors (Lipinski definition) is 5. The Labute approximate surface area is 128 Å². The molecule has 2 heterocycles. The molecule has 1 radical (unpaired) electrons. The van der Waals surface area contributed by atoms with Crippen molar-refractivity contribution in [1.82, 2.24) is 15.2 Å². The second-order valence-electron chi connectivity index (χ2n) is 5.30. The Hall–Kier alpha value is -1.21. The number of nitrogens with zero attached hydrogens (tertiary/aromatic N) is 3. The molecule has 1 aliphatic rings. The Balaban J connectivity index is 1.52. The molecular formula is C15H20N3O2S. The van der Waals surface area contributed by atoms with Gasteiger partial charge in [-0.2, -0.15) is 0 Å². The van der Waals surface area contributed by atoms with E-state index in [0.29, 0.717) is 13.2 Å². The predicted molar refractivity (Wildman–Crippen MR) is 84.2 cm³/mol. The van der Waals surface area contributed by atoms with Gasteiger partial charge < -0.3 is 9.84 Å². The Morgan fingerprint density at radius 3 is 3.00 bits per heavy atom. The molecule has 113 valence electrons. The first kappa shape index (κ1) is 14.7. The van der Waals surface area contributed by atoms with Gasteiger partial charge in [-0.1, -0.05) is 0 Å². The van der Waals surface area contributed by atoms with Crippen molar-refractivity contribution in [1.29, 1.82) is 0 Å². The third-order valence-electron chi connectivity index (χ3n) is 3.53. The molecule has 1 N–H and O–H groups in total. The number of hydrogen-bond donors (Lipinski definition) is 1. The minimum atomic E-state index is -0.476. The number of rotatable bonds is 5. The number of aromatic nitrogens is 1. The molecule has 1 aliphatic heterocycles. The first-order valence-corrected chi connectivity index (χ1v) is 8.06. The molecule has 0 saturated carbocycles. The summed E-state index contributed by atoms with van der Waals surface area (Å²) < 4.78 is 6.86. The normalized spacial score (nSPS) is 18.0. The van der Waals surface area contributed by atoms with Gasteiger partial charge in [0.25, 0.3) is 0 Å². The molecule has 0 spiro atoms. The summed E-state index contributed by atoms with van der Waals surface area (Å²) in [6.45, 7) is 6.55. The Morgan fingerprint density at radius 1 is 1.38 bits per heavy atom. The van der Waals surface area contributed by atoms with Crippen LogP contribution in [0.1, 0.15) is 5.01 Å². The van der Waals surface area contributed by atoms with Crippen LogP contribution >= 0.6 is 11.3 Å². The zero-order chi connectivity index (χ0) is 14.7. The first-order valence-electron chi connectivity index (χ1n) is 7.24. The van der Waals surface area contributed by atoms with Crippen LogP contribution in [0.2, 0.25) is 0 Å². The van der Waals surface area contributed by atoms with E-state index in [1.807, 2.05) is 25.1 Å². The fraction of sp³-hybridized carbons (Fsp3) is 0.533. The lowest BCUT2D eigenvalue weighted by molar-refractivity contribution is 0.0638. The molecule has 5 nitrogen and oxygen atoms in total. The molecule has 1 aromatic heterocycles. The number of fused-ring (bicyclic) bond motifs is 1. The largest absolute Gasteiger partial charge is 0.491 e. The summed E-state index contributed by atoms with van der Waals surface area (Å²) in [5.74, 6) is 0.764. The van der Waals surface area contributed by atoms with Gasteiger partial charge in [-0.25, -0.2) is 10.3 Å². The molecule has 21 heavy (non-hydrogen) atoms. The van der Waals surface area contributed by atoms with E-state index < -0.39 is 6.10 Å². The Bertz CT molecular complexity index is 596. The average molecular weight is 306 g/mol. The van der Waals surface area contributed by atoms with Crippen LogP contribution in [-0.2, 0) is 0 Å². The quantitative estimate of drug-likeness (QED) is 0.903. The van der Waals surface area contributed by atoms with Gasteiger partial charge in [-0.05, 0) is 19.1 Å². The molecule has 1 atom stereocenters. The second-order valence-corrected chi connectivity index (χ2v) is 6.53. The topological polar surface area (TPSA) is 59.7 Å². The minimum Gasteiger partial charge on any atom is -0.491 e. The highest BCUT2D eigenvalue weighted by Gasteiger charge is 2.15. The number of aliphatic hydroxyl groups is 1. The van der Waals surface area contributed by atoms with Crippen LogP contribution in [0.15, 0.2) is 18.2 Å². The molecule has 6 heteroatoms. The molecular weight excluding hydrogens is 286 g/mol. The molecule has 1 saturated heterocycles. The molecule has 3 rings (SSSR count). The van der Waals surface area contributed by atoms with Gasteiger partial charge in [0.1, 0.15) is 18.5 Å². The van der Waals surface area contributed by atoms with Gasteiger partial charge in [-0.15, -0.1) is 11.3 Å². The van der Waals surface area contributed by atoms with Crippen LogP contribution in [0.5, 0.6) is 5.75 Å². The van der Waals surface area contributed by atoms with E-state index in [-0.39, 0.29) is 0 Å². The summed E-state index contributed by atoms with van der Waals surface area (Å²) in [7, 11) is 0. The fourth-order valence-corrected chi connectivity index (χ4v) is 3.29. The van der Waals surface area contributed by atoms with E-state index in [4.69, 9.17) is 4.74 Å². The van der Waals surface area contributed by atoms with Gasteiger partial charge in [0, 0.05) is 38.8 Å². The minimum absolute atomic E-state index is 0.308. The lowest BCUT2D eigenvalue weighted by Crippen LogP contribution is -2.44. The highest BCUT2D eigenvalue weighted by Crippen LogP contribution is 2.25. The van der Waals surface area contributed by atoms with Gasteiger partial charge in [0.2, 0.25) is 0 Å². The van der Waals surface area contributed by atoms with Gasteiger partial charge in [0.15, 0.2) is 0 Å². The number of ether oxygens (including phenoxy) is 1. The maximum absolute atomic E-state index is 10.1. The number of piperazine rings is 1. The number of aliphatic hydroxyl groups excluding tert-OH is 1. The number of aryl methyl sites for hydroxylation is 1. The van der Waals surface area contributed by atoms with Gasteiger partial charge >= 0.3 is 0 Å². The van der Waals surface area contributed by atoms with Crippen molar-refractivity contribution in [2.75, 3.05) is 39.3 Å². The highest BCUT2D eigenvalue weighted by atomic mass is 32.1. The van der Waals surface area contributed by atoms with Crippen molar-refractivity contribution in [2.24, 2.45) is 0 Å².